The molecular weight excluding hydrogens is 276 g/mol. The number of aromatic carboxylic acids is 1. The van der Waals surface area contributed by atoms with Crippen LogP contribution >= 0.6 is 11.6 Å². The van der Waals surface area contributed by atoms with Crippen LogP contribution in [0.1, 0.15) is 23.7 Å². The van der Waals surface area contributed by atoms with Gasteiger partial charge in [0.25, 0.3) is 0 Å². The van der Waals surface area contributed by atoms with E-state index in [9.17, 15) is 9.00 Å². The van der Waals surface area contributed by atoms with Crippen LogP contribution in [0, 0.1) is 0 Å². The number of hydrogen-bond acceptors (Lipinski definition) is 4. The molecule has 0 aliphatic heterocycles. The van der Waals surface area contributed by atoms with Crippen molar-refractivity contribution in [3.63, 3.8) is 0 Å². The molecule has 5 nitrogen and oxygen atoms in total. The zero-order valence-electron chi connectivity index (χ0n) is 10.1. The number of halogens is 1. The molecule has 0 amide bonds. The number of carboxylic acids is 1. The Hall–Kier alpha value is -1.14. The molecule has 0 saturated heterocycles. The van der Waals surface area contributed by atoms with Gasteiger partial charge in [0.15, 0.2) is 0 Å². The first-order valence-electron chi connectivity index (χ1n) is 5.36. The van der Waals surface area contributed by atoms with Crippen LogP contribution in [-0.2, 0) is 10.8 Å². The summed E-state index contributed by atoms with van der Waals surface area (Å²) in [5.41, 5.74) is 0.0496. The van der Waals surface area contributed by atoms with Gasteiger partial charge >= 0.3 is 5.97 Å². The van der Waals surface area contributed by atoms with Gasteiger partial charge in [-0.25, -0.2) is 9.78 Å². The lowest BCUT2D eigenvalue weighted by Gasteiger charge is -2.10. The van der Waals surface area contributed by atoms with Crippen LogP contribution < -0.4 is 5.32 Å². The Morgan fingerprint density at radius 2 is 2.33 bits per heavy atom. The number of carboxylic acid groups (broad SMARTS) is 1. The third kappa shape index (κ3) is 4.27. The molecule has 18 heavy (non-hydrogen) atoms. The molecule has 1 rings (SSSR count). The highest BCUT2D eigenvalue weighted by atomic mass is 35.5. The average molecular weight is 291 g/mol. The Morgan fingerprint density at radius 1 is 1.67 bits per heavy atom. The highest BCUT2D eigenvalue weighted by Gasteiger charge is 2.09. The monoisotopic (exact) mass is 290 g/mol. The highest BCUT2D eigenvalue weighted by Crippen LogP contribution is 2.20. The number of pyridine rings is 1. The van der Waals surface area contributed by atoms with Crippen molar-refractivity contribution >= 4 is 34.2 Å². The van der Waals surface area contributed by atoms with Gasteiger partial charge in [-0.3, -0.25) is 4.21 Å². The zero-order chi connectivity index (χ0) is 13.7. The Balaban J connectivity index is 2.58. The van der Waals surface area contributed by atoms with E-state index in [1.165, 1.54) is 12.3 Å². The SMILES string of the molecule is CC(CCNc1ncc(C(=O)O)cc1Cl)S(C)=O. The molecule has 100 valence electrons. The molecule has 0 spiro atoms. The predicted molar refractivity (Wildman–Crippen MR) is 72.8 cm³/mol. The fourth-order valence-corrected chi connectivity index (χ4v) is 1.93. The van der Waals surface area contributed by atoms with E-state index >= 15 is 0 Å². The summed E-state index contributed by atoms with van der Waals surface area (Å²) in [4.78, 5) is 14.6. The van der Waals surface area contributed by atoms with E-state index in [-0.39, 0.29) is 15.8 Å². The van der Waals surface area contributed by atoms with Crippen molar-refractivity contribution in [3.8, 4) is 0 Å². The van der Waals surface area contributed by atoms with Crippen molar-refractivity contribution in [2.75, 3.05) is 18.1 Å². The molecule has 1 heterocycles. The lowest BCUT2D eigenvalue weighted by molar-refractivity contribution is 0.0696. The average Bonchev–Trinajstić information content (AvgIpc) is 2.30. The van der Waals surface area contributed by atoms with Crippen molar-refractivity contribution in [1.29, 1.82) is 0 Å². The molecule has 0 aromatic carbocycles. The fraction of sp³-hybridized carbons (Fsp3) is 0.455. The third-order valence-electron chi connectivity index (χ3n) is 2.50. The Labute approximate surface area is 113 Å². The maximum Gasteiger partial charge on any atom is 0.337 e. The molecule has 0 aliphatic carbocycles. The molecular formula is C11H15ClN2O3S. The van der Waals surface area contributed by atoms with E-state index in [4.69, 9.17) is 16.7 Å². The molecule has 1 aromatic rings. The minimum absolute atomic E-state index is 0.0496. The van der Waals surface area contributed by atoms with Crippen molar-refractivity contribution in [1.82, 2.24) is 4.98 Å². The topological polar surface area (TPSA) is 79.3 Å². The summed E-state index contributed by atoms with van der Waals surface area (Å²) in [6.45, 7) is 2.49. The number of anilines is 1. The molecule has 2 unspecified atom stereocenters. The normalized spacial score (nSPS) is 13.9. The van der Waals surface area contributed by atoms with Crippen LogP contribution in [0.5, 0.6) is 0 Å². The second-order valence-corrected chi connectivity index (χ2v) is 6.09. The van der Waals surface area contributed by atoms with Gasteiger partial charge in [-0.15, -0.1) is 0 Å². The van der Waals surface area contributed by atoms with E-state index < -0.39 is 16.8 Å². The van der Waals surface area contributed by atoms with E-state index in [2.05, 4.69) is 10.3 Å². The number of rotatable bonds is 6. The summed E-state index contributed by atoms with van der Waals surface area (Å²) >= 11 is 5.90. The summed E-state index contributed by atoms with van der Waals surface area (Å²) in [5.74, 6) is -0.623. The number of carbonyl (C=O) groups is 1. The lowest BCUT2D eigenvalue weighted by atomic mass is 10.3. The molecule has 1 aromatic heterocycles. The van der Waals surface area contributed by atoms with Gasteiger partial charge in [-0.2, -0.15) is 0 Å². The van der Waals surface area contributed by atoms with Crippen LogP contribution in [-0.4, -0.2) is 38.3 Å². The highest BCUT2D eigenvalue weighted by molar-refractivity contribution is 7.84. The first kappa shape index (κ1) is 14.9. The quantitative estimate of drug-likeness (QED) is 0.838. The molecule has 2 atom stereocenters. The van der Waals surface area contributed by atoms with Crippen LogP contribution in [0.3, 0.4) is 0 Å². The maximum atomic E-state index is 11.1. The summed E-state index contributed by atoms with van der Waals surface area (Å²) < 4.78 is 11.1. The van der Waals surface area contributed by atoms with Crippen molar-refractivity contribution in [3.05, 3.63) is 22.8 Å². The van der Waals surface area contributed by atoms with Gasteiger partial charge < -0.3 is 10.4 Å². The molecule has 0 aliphatic rings. The molecule has 0 fully saturated rings. The fourth-order valence-electron chi connectivity index (χ4n) is 1.24. The smallest absolute Gasteiger partial charge is 0.337 e. The number of aromatic nitrogens is 1. The number of hydrogen-bond donors (Lipinski definition) is 2. The Morgan fingerprint density at radius 3 is 2.83 bits per heavy atom. The van der Waals surface area contributed by atoms with Crippen LogP contribution in [0.15, 0.2) is 12.3 Å². The molecule has 0 bridgehead atoms. The molecule has 0 saturated carbocycles. The van der Waals surface area contributed by atoms with Gasteiger partial charge in [-0.1, -0.05) is 18.5 Å². The molecule has 0 radical (unpaired) electrons. The van der Waals surface area contributed by atoms with E-state index in [0.717, 1.165) is 6.42 Å². The summed E-state index contributed by atoms with van der Waals surface area (Å²) in [7, 11) is -0.855. The standard InChI is InChI=1S/C11H15ClN2O3S/c1-7(18(2)17)3-4-13-10-9(12)5-8(6-14-10)11(15)16/h5-7H,3-4H2,1-2H3,(H,13,14)(H,15,16). The second kappa shape index (κ2) is 6.70. The first-order valence-corrected chi connectivity index (χ1v) is 7.36. The molecule has 2 N–H and O–H groups in total. The van der Waals surface area contributed by atoms with Crippen molar-refractivity contribution < 1.29 is 14.1 Å². The third-order valence-corrected chi connectivity index (χ3v) is 4.16. The Bertz CT molecular complexity index is 468. The summed E-state index contributed by atoms with van der Waals surface area (Å²) in [5, 5.41) is 12.1. The maximum absolute atomic E-state index is 11.1. The largest absolute Gasteiger partial charge is 0.478 e. The minimum atomic E-state index is -1.06. The van der Waals surface area contributed by atoms with E-state index in [0.29, 0.717) is 12.4 Å². The summed E-state index contributed by atoms with van der Waals surface area (Å²) in [6, 6.07) is 1.35. The van der Waals surface area contributed by atoms with Crippen molar-refractivity contribution in [2.24, 2.45) is 0 Å². The predicted octanol–water partition coefficient (Wildman–Crippen LogP) is 2.00. The first-order chi connectivity index (χ1) is 8.41. The van der Waals surface area contributed by atoms with Gasteiger partial charge in [0.05, 0.1) is 10.6 Å². The van der Waals surface area contributed by atoms with Crippen LogP contribution in [0.4, 0.5) is 5.82 Å². The second-order valence-electron chi connectivity index (χ2n) is 3.88. The van der Waals surface area contributed by atoms with Gasteiger partial charge in [0.1, 0.15) is 5.82 Å². The molecule has 7 heteroatoms. The van der Waals surface area contributed by atoms with Gasteiger partial charge in [0, 0.05) is 35.0 Å². The number of nitrogens with one attached hydrogen (secondary N) is 1. The van der Waals surface area contributed by atoms with E-state index in [1.807, 2.05) is 6.92 Å². The summed E-state index contributed by atoms with van der Waals surface area (Å²) in [6.07, 6.45) is 3.64. The lowest BCUT2D eigenvalue weighted by Crippen LogP contribution is -2.15. The zero-order valence-corrected chi connectivity index (χ0v) is 11.7. The Kier molecular flexibility index (Phi) is 5.55. The minimum Gasteiger partial charge on any atom is -0.478 e. The van der Waals surface area contributed by atoms with E-state index in [1.54, 1.807) is 6.26 Å². The van der Waals surface area contributed by atoms with Gasteiger partial charge in [-0.05, 0) is 12.5 Å². The van der Waals surface area contributed by atoms with Gasteiger partial charge in [0.2, 0.25) is 0 Å². The number of nitrogens with zero attached hydrogens (tertiary/aromatic N) is 1. The van der Waals surface area contributed by atoms with Crippen LogP contribution in [0.25, 0.3) is 0 Å². The van der Waals surface area contributed by atoms with Crippen LogP contribution in [0.2, 0.25) is 5.02 Å². The van der Waals surface area contributed by atoms with Crippen molar-refractivity contribution in [2.45, 2.75) is 18.6 Å².